The van der Waals surface area contributed by atoms with Gasteiger partial charge in [-0.05, 0) is 39.4 Å². The molecular weight excluding hydrogens is 284 g/mol. The Kier molecular flexibility index (Phi) is 4.37. The molecule has 0 aliphatic heterocycles. The van der Waals surface area contributed by atoms with Gasteiger partial charge in [-0.3, -0.25) is 0 Å². The predicted molar refractivity (Wildman–Crippen MR) is 86.9 cm³/mol. The average Bonchev–Trinajstić information content (AvgIpc) is 2.44. The van der Waals surface area contributed by atoms with Crippen LogP contribution in [0, 0.1) is 0 Å². The molecule has 0 saturated carbocycles. The molecule has 0 aromatic heterocycles. The molecule has 5 heteroatoms. The summed E-state index contributed by atoms with van der Waals surface area (Å²) in [5.74, 6) is 0. The lowest BCUT2D eigenvalue weighted by atomic mass is 10.1. The Morgan fingerprint density at radius 2 is 1.67 bits per heavy atom. The van der Waals surface area contributed by atoms with Crippen molar-refractivity contribution in [1.29, 1.82) is 0 Å². The Hall–Kier alpha value is -1.43. The third kappa shape index (κ3) is 3.43. The molecule has 4 nitrogen and oxygen atoms in total. The summed E-state index contributed by atoms with van der Waals surface area (Å²) >= 11 is 0. The van der Waals surface area contributed by atoms with Gasteiger partial charge in [0.15, 0.2) is 0 Å². The molecule has 0 aliphatic carbocycles. The molecule has 2 aromatic rings. The molecule has 0 amide bonds. The fraction of sp³-hybridized carbons (Fsp3) is 0.375. The quantitative estimate of drug-likeness (QED) is 0.923. The van der Waals surface area contributed by atoms with E-state index in [-0.39, 0.29) is 5.54 Å². The lowest BCUT2D eigenvalue weighted by molar-refractivity contribution is 0.199. The highest BCUT2D eigenvalue weighted by atomic mass is 32.2. The second kappa shape index (κ2) is 5.75. The zero-order chi connectivity index (χ0) is 15.7. The number of likely N-dealkylation sites (N-methyl/N-ethyl adjacent to an activating group) is 1. The minimum absolute atomic E-state index is 0.252. The topological polar surface area (TPSA) is 49.4 Å². The number of hydrogen-bond donors (Lipinski definition) is 1. The molecule has 0 atom stereocenters. The highest BCUT2D eigenvalue weighted by Crippen LogP contribution is 2.23. The average molecular weight is 306 g/mol. The summed E-state index contributed by atoms with van der Waals surface area (Å²) in [5, 5.41) is 1.67. The highest BCUT2D eigenvalue weighted by Gasteiger charge is 2.24. The number of nitrogens with zero attached hydrogens (tertiary/aromatic N) is 1. The van der Waals surface area contributed by atoms with Gasteiger partial charge in [0.05, 0.1) is 4.90 Å². The molecule has 2 rings (SSSR count). The van der Waals surface area contributed by atoms with Gasteiger partial charge >= 0.3 is 0 Å². The van der Waals surface area contributed by atoms with Gasteiger partial charge in [0.25, 0.3) is 0 Å². The van der Waals surface area contributed by atoms with Crippen LogP contribution in [0.4, 0.5) is 0 Å². The van der Waals surface area contributed by atoms with E-state index in [2.05, 4.69) is 4.72 Å². The first-order valence-corrected chi connectivity index (χ1v) is 8.37. The second-order valence-corrected chi connectivity index (χ2v) is 7.74. The largest absolute Gasteiger partial charge is 0.303 e. The predicted octanol–water partition coefficient (Wildman–Crippen LogP) is 2.46. The van der Waals surface area contributed by atoms with Crippen molar-refractivity contribution in [3.63, 3.8) is 0 Å². The SMILES string of the molecule is CN(C)C(C)(C)CNS(=O)(=O)c1cccc2ccccc12. The van der Waals surface area contributed by atoms with Gasteiger partial charge in [-0.25, -0.2) is 13.1 Å². The van der Waals surface area contributed by atoms with Crippen molar-refractivity contribution >= 4 is 20.8 Å². The van der Waals surface area contributed by atoms with Crippen molar-refractivity contribution in [3.05, 3.63) is 42.5 Å². The first kappa shape index (κ1) is 15.9. The number of sulfonamides is 1. The van der Waals surface area contributed by atoms with E-state index in [9.17, 15) is 8.42 Å². The van der Waals surface area contributed by atoms with Crippen LogP contribution in [0.3, 0.4) is 0 Å². The highest BCUT2D eigenvalue weighted by molar-refractivity contribution is 7.89. The van der Waals surface area contributed by atoms with Crippen molar-refractivity contribution < 1.29 is 8.42 Å². The molecule has 114 valence electrons. The van der Waals surface area contributed by atoms with Gasteiger partial charge in [0.2, 0.25) is 10.0 Å². The standard InChI is InChI=1S/C16H22N2O2S/c1-16(2,18(3)4)12-17-21(19,20)15-11-7-9-13-8-5-6-10-14(13)15/h5-11,17H,12H2,1-4H3. The van der Waals surface area contributed by atoms with Gasteiger partial charge in [-0.1, -0.05) is 36.4 Å². The van der Waals surface area contributed by atoms with Crippen LogP contribution in [-0.2, 0) is 10.0 Å². The Bertz CT molecular complexity index is 732. The summed E-state index contributed by atoms with van der Waals surface area (Å²) in [4.78, 5) is 2.33. The molecule has 0 radical (unpaired) electrons. The third-order valence-corrected chi connectivity index (χ3v) is 5.40. The van der Waals surface area contributed by atoms with Crippen LogP contribution < -0.4 is 4.72 Å². The van der Waals surface area contributed by atoms with E-state index in [0.717, 1.165) is 10.8 Å². The minimum atomic E-state index is -3.53. The van der Waals surface area contributed by atoms with E-state index in [0.29, 0.717) is 11.4 Å². The van der Waals surface area contributed by atoms with E-state index in [1.165, 1.54) is 0 Å². The summed E-state index contributed by atoms with van der Waals surface area (Å²) < 4.78 is 27.9. The molecule has 1 N–H and O–H groups in total. The minimum Gasteiger partial charge on any atom is -0.303 e. The Morgan fingerprint density at radius 3 is 2.33 bits per heavy atom. The zero-order valence-corrected chi connectivity index (χ0v) is 13.7. The van der Waals surface area contributed by atoms with Crippen molar-refractivity contribution in [2.75, 3.05) is 20.6 Å². The van der Waals surface area contributed by atoms with Crippen LogP contribution in [0.1, 0.15) is 13.8 Å². The molecule has 2 aromatic carbocycles. The molecule has 21 heavy (non-hydrogen) atoms. The first-order valence-electron chi connectivity index (χ1n) is 6.89. The number of hydrogen-bond acceptors (Lipinski definition) is 3. The van der Waals surface area contributed by atoms with Crippen LogP contribution in [0.25, 0.3) is 10.8 Å². The van der Waals surface area contributed by atoms with E-state index >= 15 is 0 Å². The molecule has 0 heterocycles. The lowest BCUT2D eigenvalue weighted by Gasteiger charge is -2.32. The van der Waals surface area contributed by atoms with E-state index in [4.69, 9.17) is 0 Å². The normalized spacial score (nSPS) is 13.0. The fourth-order valence-corrected chi connectivity index (χ4v) is 3.37. The van der Waals surface area contributed by atoms with Gasteiger partial charge in [-0.2, -0.15) is 0 Å². The molecule has 0 spiro atoms. The van der Waals surface area contributed by atoms with Crippen LogP contribution >= 0.6 is 0 Å². The van der Waals surface area contributed by atoms with Gasteiger partial charge in [-0.15, -0.1) is 0 Å². The number of nitrogens with one attached hydrogen (secondary N) is 1. The first-order chi connectivity index (χ1) is 9.74. The van der Waals surface area contributed by atoms with Crippen molar-refractivity contribution in [2.45, 2.75) is 24.3 Å². The summed E-state index contributed by atoms with van der Waals surface area (Å²) in [5.41, 5.74) is -0.252. The van der Waals surface area contributed by atoms with Crippen molar-refractivity contribution in [1.82, 2.24) is 9.62 Å². The number of fused-ring (bicyclic) bond motifs is 1. The Morgan fingerprint density at radius 1 is 1.05 bits per heavy atom. The fourth-order valence-electron chi connectivity index (χ4n) is 1.94. The smallest absolute Gasteiger partial charge is 0.241 e. The van der Waals surface area contributed by atoms with E-state index < -0.39 is 10.0 Å². The Labute approximate surface area is 126 Å². The van der Waals surface area contributed by atoms with Gasteiger partial charge in [0, 0.05) is 17.5 Å². The van der Waals surface area contributed by atoms with Gasteiger partial charge < -0.3 is 4.90 Å². The molecule has 0 bridgehead atoms. The van der Waals surface area contributed by atoms with Crippen molar-refractivity contribution in [2.24, 2.45) is 0 Å². The second-order valence-electron chi connectivity index (χ2n) is 6.01. The third-order valence-electron chi connectivity index (χ3n) is 3.94. The zero-order valence-electron chi connectivity index (χ0n) is 12.9. The number of rotatable bonds is 5. The molecule has 0 saturated heterocycles. The molecule has 0 unspecified atom stereocenters. The monoisotopic (exact) mass is 306 g/mol. The maximum absolute atomic E-state index is 12.6. The molecular formula is C16H22N2O2S. The lowest BCUT2D eigenvalue weighted by Crippen LogP contribution is -2.48. The molecule has 0 aliphatic rings. The van der Waals surface area contributed by atoms with Crippen LogP contribution in [0.5, 0.6) is 0 Å². The van der Waals surface area contributed by atoms with Crippen LogP contribution in [-0.4, -0.2) is 39.5 Å². The summed E-state index contributed by atoms with van der Waals surface area (Å²) in [6, 6.07) is 12.8. The Balaban J connectivity index is 2.35. The summed E-state index contributed by atoms with van der Waals surface area (Å²) in [6.45, 7) is 4.35. The van der Waals surface area contributed by atoms with Gasteiger partial charge in [0.1, 0.15) is 0 Å². The van der Waals surface area contributed by atoms with E-state index in [1.54, 1.807) is 12.1 Å². The summed E-state index contributed by atoms with van der Waals surface area (Å²) in [6.07, 6.45) is 0. The number of benzene rings is 2. The molecule has 0 fully saturated rings. The van der Waals surface area contributed by atoms with Crippen LogP contribution in [0.2, 0.25) is 0 Å². The maximum Gasteiger partial charge on any atom is 0.241 e. The maximum atomic E-state index is 12.6. The van der Waals surface area contributed by atoms with Crippen molar-refractivity contribution in [3.8, 4) is 0 Å². The van der Waals surface area contributed by atoms with Crippen LogP contribution in [0.15, 0.2) is 47.4 Å². The summed E-state index contributed by atoms with van der Waals surface area (Å²) in [7, 11) is 0.343. The van der Waals surface area contributed by atoms with E-state index in [1.807, 2.05) is 63.2 Å².